The Hall–Kier alpha value is -3.32. The fourth-order valence-electron chi connectivity index (χ4n) is 2.84. The van der Waals surface area contributed by atoms with Crippen LogP contribution in [0.5, 0.6) is 5.75 Å². The van der Waals surface area contributed by atoms with E-state index in [1.54, 1.807) is 26.4 Å². The van der Waals surface area contributed by atoms with E-state index < -0.39 is 10.8 Å². The van der Waals surface area contributed by atoms with Crippen LogP contribution in [0.4, 0.5) is 11.4 Å². The summed E-state index contributed by atoms with van der Waals surface area (Å²) in [6.45, 7) is 3.71. The highest BCUT2D eigenvalue weighted by molar-refractivity contribution is 6.32. The van der Waals surface area contributed by atoms with Crippen LogP contribution in [-0.4, -0.2) is 17.9 Å². The average Bonchev–Trinajstić information content (AvgIpc) is 3.02. The topological polar surface area (TPSA) is 94.6 Å². The second-order valence-corrected chi connectivity index (χ2v) is 6.61. The van der Waals surface area contributed by atoms with Crippen LogP contribution >= 0.6 is 11.6 Å². The quantitative estimate of drug-likeness (QED) is 0.353. The number of halogens is 1. The van der Waals surface area contributed by atoms with Crippen molar-refractivity contribution < 1.29 is 18.9 Å². The predicted octanol–water partition coefficient (Wildman–Crippen LogP) is 5.35. The van der Waals surface area contributed by atoms with Gasteiger partial charge in [0, 0.05) is 34.8 Å². The zero-order chi connectivity index (χ0) is 20.4. The van der Waals surface area contributed by atoms with Crippen LogP contribution in [0.3, 0.4) is 0 Å². The van der Waals surface area contributed by atoms with Crippen molar-refractivity contribution in [2.24, 2.45) is 0 Å². The normalized spacial score (nSPS) is 11.5. The Balaban J connectivity index is 1.90. The number of ether oxygens (including phenoxy) is 1. The first kappa shape index (κ1) is 19.4. The third kappa shape index (κ3) is 3.84. The second kappa shape index (κ2) is 7.74. The van der Waals surface area contributed by atoms with Crippen LogP contribution in [0.2, 0.25) is 5.02 Å². The van der Waals surface area contributed by atoms with E-state index in [-0.39, 0.29) is 16.4 Å². The molecule has 1 amide bonds. The summed E-state index contributed by atoms with van der Waals surface area (Å²) in [4.78, 5) is 22.8. The minimum absolute atomic E-state index is 0.00300. The van der Waals surface area contributed by atoms with Crippen LogP contribution in [0.1, 0.15) is 18.1 Å². The number of carbonyl (C=O) groups excluding carboxylic acids is 1. The lowest BCUT2D eigenvalue weighted by Crippen LogP contribution is -2.09. The third-order valence-electron chi connectivity index (χ3n) is 4.27. The van der Waals surface area contributed by atoms with Gasteiger partial charge in [0.1, 0.15) is 16.4 Å². The number of aryl methyl sites for hydroxylation is 1. The van der Waals surface area contributed by atoms with Gasteiger partial charge in [-0.15, -0.1) is 0 Å². The molecule has 0 spiro atoms. The number of methoxy groups -OCH3 is 1. The highest BCUT2D eigenvalue weighted by Crippen LogP contribution is 2.33. The van der Waals surface area contributed by atoms with E-state index in [0.717, 1.165) is 16.5 Å². The van der Waals surface area contributed by atoms with E-state index in [9.17, 15) is 14.9 Å². The monoisotopic (exact) mass is 400 g/mol. The minimum atomic E-state index is -0.605. The summed E-state index contributed by atoms with van der Waals surface area (Å²) in [6.07, 6.45) is 3.06. The molecule has 0 unspecified atom stereocenters. The number of furan rings is 1. The molecule has 0 saturated carbocycles. The molecular weight excluding hydrogens is 384 g/mol. The molecule has 28 heavy (non-hydrogen) atoms. The number of allylic oxidation sites excluding steroid dienone is 1. The van der Waals surface area contributed by atoms with Gasteiger partial charge in [0.2, 0.25) is 5.91 Å². The molecule has 0 aliphatic heterocycles. The zero-order valence-electron chi connectivity index (χ0n) is 15.4. The standard InChI is InChI=1S/C20H17ClN2O5/c1-11(14-8-15-12(2)10-28-19(15)9-18(14)27-3)6-20(24)22-13-4-5-16(21)17(7-13)23(25)26/h4-10H,1-3H3,(H,22,24)/b11-6+. The molecule has 7 nitrogen and oxygen atoms in total. The maximum absolute atomic E-state index is 12.4. The van der Waals surface area contributed by atoms with E-state index in [2.05, 4.69) is 5.32 Å². The first-order valence-corrected chi connectivity index (χ1v) is 8.67. The lowest BCUT2D eigenvalue weighted by Gasteiger charge is -2.10. The number of rotatable bonds is 5. The Labute approximate surface area is 165 Å². The molecule has 0 radical (unpaired) electrons. The summed E-state index contributed by atoms with van der Waals surface area (Å²) in [5, 5.41) is 14.5. The van der Waals surface area contributed by atoms with Crippen molar-refractivity contribution in [2.45, 2.75) is 13.8 Å². The Morgan fingerprint density at radius 3 is 2.75 bits per heavy atom. The van der Waals surface area contributed by atoms with E-state index in [1.807, 2.05) is 13.0 Å². The molecule has 0 atom stereocenters. The van der Waals surface area contributed by atoms with Crippen LogP contribution in [0, 0.1) is 17.0 Å². The Morgan fingerprint density at radius 2 is 2.07 bits per heavy atom. The Morgan fingerprint density at radius 1 is 1.32 bits per heavy atom. The number of nitrogens with zero attached hydrogens (tertiary/aromatic N) is 1. The lowest BCUT2D eigenvalue weighted by atomic mass is 10.0. The van der Waals surface area contributed by atoms with Crippen LogP contribution in [0.15, 0.2) is 47.1 Å². The van der Waals surface area contributed by atoms with Crippen molar-refractivity contribution in [3.63, 3.8) is 0 Å². The highest BCUT2D eigenvalue weighted by atomic mass is 35.5. The number of nitro benzene ring substituents is 1. The van der Waals surface area contributed by atoms with Gasteiger partial charge in [-0.2, -0.15) is 0 Å². The van der Waals surface area contributed by atoms with Gasteiger partial charge in [-0.25, -0.2) is 0 Å². The molecule has 0 bridgehead atoms. The molecule has 1 N–H and O–H groups in total. The number of benzene rings is 2. The summed E-state index contributed by atoms with van der Waals surface area (Å²) in [5.74, 6) is 0.144. The number of carbonyl (C=O) groups is 1. The van der Waals surface area contributed by atoms with Crippen molar-refractivity contribution in [3.8, 4) is 5.75 Å². The average molecular weight is 401 g/mol. The van der Waals surface area contributed by atoms with E-state index in [4.69, 9.17) is 20.8 Å². The first-order chi connectivity index (χ1) is 13.3. The van der Waals surface area contributed by atoms with Gasteiger partial charge in [-0.05, 0) is 43.2 Å². The molecule has 1 heterocycles. The van der Waals surface area contributed by atoms with Gasteiger partial charge in [0.25, 0.3) is 5.69 Å². The van der Waals surface area contributed by atoms with Crippen molar-refractivity contribution in [1.82, 2.24) is 0 Å². The summed E-state index contributed by atoms with van der Waals surface area (Å²) in [6, 6.07) is 7.75. The molecule has 8 heteroatoms. The maximum Gasteiger partial charge on any atom is 0.289 e. The molecule has 0 fully saturated rings. The molecular formula is C20H17ClN2O5. The summed E-state index contributed by atoms with van der Waals surface area (Å²) < 4.78 is 10.9. The number of hydrogen-bond donors (Lipinski definition) is 1. The fraction of sp³-hybridized carbons (Fsp3) is 0.150. The van der Waals surface area contributed by atoms with Crippen molar-refractivity contribution >= 4 is 45.4 Å². The molecule has 144 valence electrons. The molecule has 0 aliphatic rings. The number of hydrogen-bond acceptors (Lipinski definition) is 5. The minimum Gasteiger partial charge on any atom is -0.496 e. The van der Waals surface area contributed by atoms with Crippen LogP contribution in [0.25, 0.3) is 16.5 Å². The third-order valence-corrected chi connectivity index (χ3v) is 4.59. The van der Waals surface area contributed by atoms with E-state index >= 15 is 0 Å². The SMILES string of the molecule is COc1cc2occ(C)c2cc1/C(C)=C/C(=O)Nc1ccc(Cl)c([N+](=O)[O-])c1. The smallest absolute Gasteiger partial charge is 0.289 e. The van der Waals surface area contributed by atoms with Gasteiger partial charge in [0.05, 0.1) is 18.3 Å². The van der Waals surface area contributed by atoms with Crippen molar-refractivity contribution in [1.29, 1.82) is 0 Å². The largest absolute Gasteiger partial charge is 0.496 e. The zero-order valence-corrected chi connectivity index (χ0v) is 16.2. The van der Waals surface area contributed by atoms with Crippen molar-refractivity contribution in [2.75, 3.05) is 12.4 Å². The maximum atomic E-state index is 12.4. The Kier molecular flexibility index (Phi) is 5.37. The molecule has 0 aliphatic carbocycles. The predicted molar refractivity (Wildman–Crippen MR) is 108 cm³/mol. The molecule has 3 aromatic rings. The van der Waals surface area contributed by atoms with Gasteiger partial charge in [-0.3, -0.25) is 14.9 Å². The summed E-state index contributed by atoms with van der Waals surface area (Å²) in [7, 11) is 1.54. The Bertz CT molecular complexity index is 1120. The number of nitrogens with one attached hydrogen (secondary N) is 1. The van der Waals surface area contributed by atoms with Gasteiger partial charge >= 0.3 is 0 Å². The fourth-order valence-corrected chi connectivity index (χ4v) is 3.03. The first-order valence-electron chi connectivity index (χ1n) is 8.29. The summed E-state index contributed by atoms with van der Waals surface area (Å²) >= 11 is 5.79. The van der Waals surface area contributed by atoms with E-state index in [1.165, 1.54) is 24.3 Å². The number of anilines is 1. The van der Waals surface area contributed by atoms with E-state index in [0.29, 0.717) is 16.9 Å². The molecule has 2 aromatic carbocycles. The van der Waals surface area contributed by atoms with Crippen LogP contribution < -0.4 is 10.1 Å². The number of amides is 1. The van der Waals surface area contributed by atoms with Gasteiger partial charge in [-0.1, -0.05) is 11.6 Å². The van der Waals surface area contributed by atoms with Gasteiger partial charge in [0.15, 0.2) is 0 Å². The summed E-state index contributed by atoms with van der Waals surface area (Å²) in [5.41, 5.74) is 3.09. The van der Waals surface area contributed by atoms with Gasteiger partial charge < -0.3 is 14.5 Å². The van der Waals surface area contributed by atoms with Crippen LogP contribution in [-0.2, 0) is 4.79 Å². The second-order valence-electron chi connectivity index (χ2n) is 6.21. The van der Waals surface area contributed by atoms with Crippen molar-refractivity contribution in [3.05, 3.63) is 68.9 Å². The lowest BCUT2D eigenvalue weighted by molar-refractivity contribution is -0.384. The number of nitro groups is 1. The number of fused-ring (bicyclic) bond motifs is 1. The molecule has 3 rings (SSSR count). The molecule has 0 saturated heterocycles. The molecule has 1 aromatic heterocycles. The highest BCUT2D eigenvalue weighted by Gasteiger charge is 2.15.